The Labute approximate surface area is 154 Å². The van der Waals surface area contributed by atoms with Gasteiger partial charge in [-0.1, -0.05) is 26.0 Å². The Balaban J connectivity index is 0.00000312. The number of carbonyl (C=O) groups excluding carboxylic acids is 1. The van der Waals surface area contributed by atoms with Gasteiger partial charge in [-0.3, -0.25) is 14.2 Å². The lowest BCUT2D eigenvalue weighted by Gasteiger charge is -2.31. The third-order valence-electron chi connectivity index (χ3n) is 4.06. The maximum Gasteiger partial charge on any atom is 0.261 e. The number of halogens is 1. The summed E-state index contributed by atoms with van der Waals surface area (Å²) in [6.07, 6.45) is 2.52. The second kappa shape index (κ2) is 8.97. The molecule has 1 unspecified atom stereocenters. The second-order valence-corrected chi connectivity index (χ2v) is 6.92. The molecule has 0 radical (unpaired) electrons. The van der Waals surface area contributed by atoms with E-state index in [1.807, 2.05) is 13.0 Å². The van der Waals surface area contributed by atoms with E-state index in [1.54, 1.807) is 18.2 Å². The molecule has 0 saturated heterocycles. The summed E-state index contributed by atoms with van der Waals surface area (Å²) in [4.78, 5) is 28.9. The zero-order valence-electron chi connectivity index (χ0n) is 15.0. The molecule has 7 heteroatoms. The molecule has 1 atom stereocenters. The lowest BCUT2D eigenvalue weighted by molar-refractivity contribution is -0.123. The Morgan fingerprint density at radius 2 is 2.04 bits per heavy atom. The van der Waals surface area contributed by atoms with Gasteiger partial charge in [0.05, 0.1) is 17.2 Å². The molecule has 0 fully saturated rings. The van der Waals surface area contributed by atoms with Crippen LogP contribution in [0.1, 0.15) is 33.6 Å². The molecule has 6 nitrogen and oxygen atoms in total. The predicted molar refractivity (Wildman–Crippen MR) is 103 cm³/mol. The summed E-state index contributed by atoms with van der Waals surface area (Å²) in [6.45, 7) is 6.83. The first-order chi connectivity index (χ1) is 11.3. The van der Waals surface area contributed by atoms with E-state index in [-0.39, 0.29) is 30.3 Å². The van der Waals surface area contributed by atoms with Crippen LogP contribution in [0.25, 0.3) is 10.9 Å². The SMILES string of the molecule is CC(C)CC(C)(CN)NC(=O)CCn1cnc2ccccc2c1=O.Cl. The number of aromatic nitrogens is 2. The molecular formula is C18H27ClN4O2. The van der Waals surface area contributed by atoms with Crippen molar-refractivity contribution < 1.29 is 4.79 Å². The quantitative estimate of drug-likeness (QED) is 0.785. The summed E-state index contributed by atoms with van der Waals surface area (Å²) in [7, 11) is 0. The number of para-hydroxylation sites is 1. The first-order valence-electron chi connectivity index (χ1n) is 8.30. The molecule has 1 aromatic heterocycles. The van der Waals surface area contributed by atoms with Gasteiger partial charge in [0, 0.05) is 25.0 Å². The Morgan fingerprint density at radius 1 is 1.36 bits per heavy atom. The van der Waals surface area contributed by atoms with Crippen LogP contribution in [0.2, 0.25) is 0 Å². The van der Waals surface area contributed by atoms with E-state index in [0.717, 1.165) is 6.42 Å². The maximum atomic E-state index is 12.4. The summed E-state index contributed by atoms with van der Waals surface area (Å²) in [6, 6.07) is 7.19. The Hall–Kier alpha value is -1.92. The van der Waals surface area contributed by atoms with Crippen LogP contribution in [0.5, 0.6) is 0 Å². The number of hydrogen-bond donors (Lipinski definition) is 2. The van der Waals surface area contributed by atoms with Crippen molar-refractivity contribution in [3.8, 4) is 0 Å². The fourth-order valence-corrected chi connectivity index (χ4v) is 2.97. The molecule has 1 aromatic carbocycles. The topological polar surface area (TPSA) is 90.0 Å². The zero-order chi connectivity index (χ0) is 17.7. The van der Waals surface area contributed by atoms with E-state index in [0.29, 0.717) is 29.9 Å². The van der Waals surface area contributed by atoms with Crippen LogP contribution in [0.15, 0.2) is 35.4 Å². The molecule has 1 heterocycles. The average Bonchev–Trinajstić information content (AvgIpc) is 2.53. The van der Waals surface area contributed by atoms with Gasteiger partial charge < -0.3 is 11.1 Å². The van der Waals surface area contributed by atoms with Crippen molar-refractivity contribution in [2.45, 2.75) is 45.7 Å². The fourth-order valence-electron chi connectivity index (χ4n) is 2.97. The molecule has 0 aliphatic heterocycles. The standard InChI is InChI=1S/C18H26N4O2.ClH/c1-13(2)10-18(3,11-19)21-16(23)8-9-22-12-20-15-7-5-4-6-14(15)17(22)24;/h4-7,12-13H,8-11,19H2,1-3H3,(H,21,23);1H. The van der Waals surface area contributed by atoms with E-state index in [2.05, 4.69) is 24.1 Å². The molecule has 0 aliphatic rings. The van der Waals surface area contributed by atoms with Crippen molar-refractivity contribution in [2.24, 2.45) is 11.7 Å². The summed E-state index contributed by atoms with van der Waals surface area (Å²) in [5.41, 5.74) is 5.93. The smallest absolute Gasteiger partial charge is 0.261 e. The maximum absolute atomic E-state index is 12.4. The number of nitrogens with one attached hydrogen (secondary N) is 1. The summed E-state index contributed by atoms with van der Waals surface area (Å²) in [5, 5.41) is 3.56. The second-order valence-electron chi connectivity index (χ2n) is 6.92. The first-order valence-corrected chi connectivity index (χ1v) is 8.30. The summed E-state index contributed by atoms with van der Waals surface area (Å²) >= 11 is 0. The molecule has 2 rings (SSSR count). The van der Waals surface area contributed by atoms with E-state index < -0.39 is 5.54 Å². The Bertz CT molecular complexity index is 775. The Kier molecular flexibility index (Phi) is 7.58. The number of nitrogens with two attached hydrogens (primary N) is 1. The van der Waals surface area contributed by atoms with Gasteiger partial charge in [-0.25, -0.2) is 4.98 Å². The first kappa shape index (κ1) is 21.1. The highest BCUT2D eigenvalue weighted by atomic mass is 35.5. The highest BCUT2D eigenvalue weighted by Gasteiger charge is 2.25. The number of amides is 1. The number of carbonyl (C=O) groups is 1. The molecule has 0 bridgehead atoms. The minimum absolute atomic E-state index is 0. The molecule has 1 amide bonds. The van der Waals surface area contributed by atoms with Crippen molar-refractivity contribution in [2.75, 3.05) is 6.54 Å². The van der Waals surface area contributed by atoms with Crippen LogP contribution in [0.3, 0.4) is 0 Å². The van der Waals surface area contributed by atoms with Crippen LogP contribution in [0, 0.1) is 5.92 Å². The third-order valence-corrected chi connectivity index (χ3v) is 4.06. The van der Waals surface area contributed by atoms with Crippen molar-refractivity contribution in [1.29, 1.82) is 0 Å². The van der Waals surface area contributed by atoms with E-state index in [9.17, 15) is 9.59 Å². The zero-order valence-corrected chi connectivity index (χ0v) is 15.8. The lowest BCUT2D eigenvalue weighted by Crippen LogP contribution is -2.52. The van der Waals surface area contributed by atoms with Gasteiger partial charge in [-0.2, -0.15) is 0 Å². The third kappa shape index (κ3) is 5.54. The minimum atomic E-state index is -0.419. The summed E-state index contributed by atoms with van der Waals surface area (Å²) < 4.78 is 1.48. The van der Waals surface area contributed by atoms with Crippen LogP contribution in [-0.2, 0) is 11.3 Å². The van der Waals surface area contributed by atoms with Gasteiger partial charge >= 0.3 is 0 Å². The number of fused-ring (bicyclic) bond motifs is 1. The number of aryl methyl sites for hydroxylation is 1. The number of benzene rings is 1. The van der Waals surface area contributed by atoms with Crippen LogP contribution >= 0.6 is 12.4 Å². The van der Waals surface area contributed by atoms with Crippen molar-refractivity contribution in [3.05, 3.63) is 40.9 Å². The molecule has 138 valence electrons. The van der Waals surface area contributed by atoms with Crippen LogP contribution in [-0.4, -0.2) is 27.5 Å². The molecule has 25 heavy (non-hydrogen) atoms. The lowest BCUT2D eigenvalue weighted by atomic mass is 9.90. The van der Waals surface area contributed by atoms with Crippen molar-refractivity contribution >= 4 is 29.2 Å². The highest BCUT2D eigenvalue weighted by Crippen LogP contribution is 2.15. The molecular weight excluding hydrogens is 340 g/mol. The largest absolute Gasteiger partial charge is 0.350 e. The Morgan fingerprint density at radius 3 is 2.68 bits per heavy atom. The van der Waals surface area contributed by atoms with Crippen molar-refractivity contribution in [3.63, 3.8) is 0 Å². The molecule has 3 N–H and O–H groups in total. The normalized spacial score (nSPS) is 13.3. The number of rotatable bonds is 7. The van der Waals surface area contributed by atoms with Gasteiger partial charge in [0.15, 0.2) is 0 Å². The van der Waals surface area contributed by atoms with E-state index >= 15 is 0 Å². The number of nitrogens with zero attached hydrogens (tertiary/aromatic N) is 2. The van der Waals surface area contributed by atoms with Crippen LogP contribution < -0.4 is 16.6 Å². The minimum Gasteiger partial charge on any atom is -0.350 e. The molecule has 2 aromatic rings. The van der Waals surface area contributed by atoms with Gasteiger partial charge in [-0.15, -0.1) is 12.4 Å². The highest BCUT2D eigenvalue weighted by molar-refractivity contribution is 5.85. The van der Waals surface area contributed by atoms with E-state index in [1.165, 1.54) is 10.9 Å². The molecule has 0 aliphatic carbocycles. The van der Waals surface area contributed by atoms with Gasteiger partial charge in [0.1, 0.15) is 0 Å². The van der Waals surface area contributed by atoms with Crippen molar-refractivity contribution in [1.82, 2.24) is 14.9 Å². The monoisotopic (exact) mass is 366 g/mol. The average molecular weight is 367 g/mol. The van der Waals surface area contributed by atoms with Gasteiger partial charge in [0.25, 0.3) is 5.56 Å². The van der Waals surface area contributed by atoms with Gasteiger partial charge in [0.2, 0.25) is 5.91 Å². The number of hydrogen-bond acceptors (Lipinski definition) is 4. The van der Waals surface area contributed by atoms with E-state index in [4.69, 9.17) is 5.73 Å². The molecule has 0 saturated carbocycles. The van der Waals surface area contributed by atoms with Gasteiger partial charge in [-0.05, 0) is 31.4 Å². The molecule has 0 spiro atoms. The van der Waals surface area contributed by atoms with Crippen LogP contribution in [0.4, 0.5) is 0 Å². The predicted octanol–water partition coefficient (Wildman–Crippen LogP) is 2.09. The fraction of sp³-hybridized carbons (Fsp3) is 0.500. The summed E-state index contributed by atoms with van der Waals surface area (Å²) in [5.74, 6) is 0.329.